The molecule has 0 spiro atoms. The van der Waals surface area contributed by atoms with E-state index >= 15 is 0 Å². The molecule has 0 aliphatic heterocycles. The summed E-state index contributed by atoms with van der Waals surface area (Å²) >= 11 is 9.01. The van der Waals surface area contributed by atoms with Crippen LogP contribution >= 0.6 is 27.5 Å². The number of rotatable bonds is 1. The van der Waals surface area contributed by atoms with E-state index in [9.17, 15) is 0 Å². The third-order valence-corrected chi connectivity index (χ3v) is 2.35. The van der Waals surface area contributed by atoms with Crippen LogP contribution in [0, 0.1) is 11.3 Å². The average molecular weight is 230 g/mol. The SMILES string of the molecule is N#C[C@H](Cl)c1ccccc1Br. The fourth-order valence-corrected chi connectivity index (χ4v) is 1.59. The van der Waals surface area contributed by atoms with Crippen molar-refractivity contribution in [3.63, 3.8) is 0 Å². The molecule has 1 aromatic carbocycles. The van der Waals surface area contributed by atoms with Gasteiger partial charge in [-0.25, -0.2) is 0 Å². The molecule has 1 aromatic rings. The molecular formula is C8H5BrClN. The molecule has 0 radical (unpaired) electrons. The number of hydrogen-bond acceptors (Lipinski definition) is 1. The highest BCUT2D eigenvalue weighted by Gasteiger charge is 2.08. The molecule has 56 valence electrons. The quantitative estimate of drug-likeness (QED) is 0.680. The van der Waals surface area contributed by atoms with Crippen molar-refractivity contribution in [3.05, 3.63) is 34.3 Å². The molecule has 0 heterocycles. The summed E-state index contributed by atoms with van der Waals surface area (Å²) in [6.45, 7) is 0. The molecule has 0 aliphatic carbocycles. The van der Waals surface area contributed by atoms with Crippen molar-refractivity contribution in [2.24, 2.45) is 0 Å². The molecule has 1 nitrogen and oxygen atoms in total. The Morgan fingerprint density at radius 2 is 2.09 bits per heavy atom. The van der Waals surface area contributed by atoms with Gasteiger partial charge in [-0.1, -0.05) is 34.1 Å². The van der Waals surface area contributed by atoms with E-state index in [1.807, 2.05) is 30.3 Å². The Balaban J connectivity index is 3.05. The zero-order valence-electron chi connectivity index (χ0n) is 5.59. The largest absolute Gasteiger partial charge is 0.196 e. The minimum atomic E-state index is -0.564. The lowest BCUT2D eigenvalue weighted by Crippen LogP contribution is -1.86. The van der Waals surface area contributed by atoms with E-state index in [1.54, 1.807) is 0 Å². The Hall–Kier alpha value is -0.520. The molecule has 0 unspecified atom stereocenters. The van der Waals surface area contributed by atoms with Gasteiger partial charge in [0.15, 0.2) is 0 Å². The topological polar surface area (TPSA) is 23.8 Å². The number of nitriles is 1. The molecular weight excluding hydrogens is 225 g/mol. The van der Waals surface area contributed by atoms with Crippen molar-refractivity contribution < 1.29 is 0 Å². The maximum Gasteiger partial charge on any atom is 0.146 e. The van der Waals surface area contributed by atoms with E-state index in [0.29, 0.717) is 0 Å². The van der Waals surface area contributed by atoms with Crippen LogP contribution in [0.15, 0.2) is 28.7 Å². The maximum atomic E-state index is 8.51. The van der Waals surface area contributed by atoms with E-state index in [-0.39, 0.29) is 0 Å². The summed E-state index contributed by atoms with van der Waals surface area (Å²) in [5, 5.41) is 7.95. The van der Waals surface area contributed by atoms with Crippen molar-refractivity contribution in [2.75, 3.05) is 0 Å². The predicted molar refractivity (Wildman–Crippen MR) is 48.3 cm³/mol. The standard InChI is InChI=1S/C8H5BrClN/c9-7-4-2-1-3-6(7)8(10)5-11/h1-4,8H/t8-/m0/s1. The minimum Gasteiger partial charge on any atom is -0.196 e. The lowest BCUT2D eigenvalue weighted by atomic mass is 10.2. The van der Waals surface area contributed by atoms with Crippen molar-refractivity contribution in [2.45, 2.75) is 5.38 Å². The van der Waals surface area contributed by atoms with Gasteiger partial charge >= 0.3 is 0 Å². The molecule has 0 fully saturated rings. The van der Waals surface area contributed by atoms with Crippen LogP contribution in [0.1, 0.15) is 10.9 Å². The second-order valence-corrected chi connectivity index (χ2v) is 3.30. The Labute approximate surface area is 78.7 Å². The summed E-state index contributed by atoms with van der Waals surface area (Å²) < 4.78 is 0.876. The Morgan fingerprint density at radius 3 is 2.64 bits per heavy atom. The second-order valence-electron chi connectivity index (χ2n) is 2.01. The molecule has 0 aromatic heterocycles. The summed E-state index contributed by atoms with van der Waals surface area (Å²) in [6, 6.07) is 9.38. The first-order valence-corrected chi connectivity index (χ1v) is 4.26. The Kier molecular flexibility index (Phi) is 2.92. The highest BCUT2D eigenvalue weighted by atomic mass is 79.9. The Bertz CT molecular complexity index is 292. The van der Waals surface area contributed by atoms with Crippen molar-refractivity contribution in [1.29, 1.82) is 5.26 Å². The zero-order chi connectivity index (χ0) is 8.27. The summed E-state index contributed by atoms with van der Waals surface area (Å²) in [5.74, 6) is 0. The first-order chi connectivity index (χ1) is 5.25. The smallest absolute Gasteiger partial charge is 0.146 e. The number of hydrogen-bond donors (Lipinski definition) is 0. The van der Waals surface area contributed by atoms with Gasteiger partial charge in [-0.2, -0.15) is 5.26 Å². The van der Waals surface area contributed by atoms with E-state index in [2.05, 4.69) is 15.9 Å². The van der Waals surface area contributed by atoms with E-state index in [0.717, 1.165) is 10.0 Å². The first-order valence-electron chi connectivity index (χ1n) is 3.04. The molecule has 1 atom stereocenters. The van der Waals surface area contributed by atoms with E-state index < -0.39 is 5.38 Å². The molecule has 1 rings (SSSR count). The third-order valence-electron chi connectivity index (χ3n) is 1.29. The molecule has 0 amide bonds. The van der Waals surface area contributed by atoms with Gasteiger partial charge in [0.25, 0.3) is 0 Å². The fraction of sp³-hybridized carbons (Fsp3) is 0.125. The summed E-state index contributed by atoms with van der Waals surface area (Å²) in [4.78, 5) is 0. The van der Waals surface area contributed by atoms with E-state index in [1.165, 1.54) is 0 Å². The number of alkyl halides is 1. The van der Waals surface area contributed by atoms with Crippen LogP contribution in [-0.4, -0.2) is 0 Å². The monoisotopic (exact) mass is 229 g/mol. The maximum absolute atomic E-state index is 8.51. The lowest BCUT2D eigenvalue weighted by Gasteiger charge is -2.01. The normalized spacial score (nSPS) is 12.1. The fourth-order valence-electron chi connectivity index (χ4n) is 0.750. The lowest BCUT2D eigenvalue weighted by molar-refractivity contribution is 1.20. The predicted octanol–water partition coefficient (Wildman–Crippen LogP) is 3.25. The molecule has 0 saturated carbocycles. The zero-order valence-corrected chi connectivity index (χ0v) is 7.93. The number of nitrogens with zero attached hydrogens (tertiary/aromatic N) is 1. The van der Waals surface area contributed by atoms with Gasteiger partial charge in [0.2, 0.25) is 0 Å². The van der Waals surface area contributed by atoms with Gasteiger partial charge in [0.05, 0.1) is 6.07 Å². The van der Waals surface area contributed by atoms with Crippen LogP contribution < -0.4 is 0 Å². The summed E-state index contributed by atoms with van der Waals surface area (Å²) in [5.41, 5.74) is 0.816. The average Bonchev–Trinajstić information content (AvgIpc) is 2.04. The van der Waals surface area contributed by atoms with Crippen LogP contribution in [0.2, 0.25) is 0 Å². The van der Waals surface area contributed by atoms with Gasteiger partial charge in [-0.3, -0.25) is 0 Å². The molecule has 0 saturated heterocycles. The molecule has 11 heavy (non-hydrogen) atoms. The van der Waals surface area contributed by atoms with Crippen LogP contribution in [0.5, 0.6) is 0 Å². The molecule has 0 bridgehead atoms. The van der Waals surface area contributed by atoms with Gasteiger partial charge in [-0.05, 0) is 11.6 Å². The van der Waals surface area contributed by atoms with Gasteiger partial charge in [0, 0.05) is 4.47 Å². The second kappa shape index (κ2) is 3.75. The van der Waals surface area contributed by atoms with Crippen molar-refractivity contribution in [1.82, 2.24) is 0 Å². The Morgan fingerprint density at radius 1 is 1.45 bits per heavy atom. The van der Waals surface area contributed by atoms with Crippen LogP contribution in [0.4, 0.5) is 0 Å². The minimum absolute atomic E-state index is 0.564. The van der Waals surface area contributed by atoms with E-state index in [4.69, 9.17) is 16.9 Å². The highest BCUT2D eigenvalue weighted by Crippen LogP contribution is 2.26. The van der Waals surface area contributed by atoms with Crippen LogP contribution in [-0.2, 0) is 0 Å². The van der Waals surface area contributed by atoms with Crippen molar-refractivity contribution in [3.8, 4) is 6.07 Å². The van der Waals surface area contributed by atoms with Gasteiger partial charge < -0.3 is 0 Å². The van der Waals surface area contributed by atoms with Gasteiger partial charge in [-0.15, -0.1) is 11.6 Å². The van der Waals surface area contributed by atoms with Gasteiger partial charge in [0.1, 0.15) is 5.38 Å². The molecule has 0 aliphatic rings. The summed E-state index contributed by atoms with van der Waals surface area (Å²) in [7, 11) is 0. The van der Waals surface area contributed by atoms with Crippen LogP contribution in [0.3, 0.4) is 0 Å². The number of halogens is 2. The van der Waals surface area contributed by atoms with Crippen molar-refractivity contribution >= 4 is 27.5 Å². The number of benzene rings is 1. The summed E-state index contributed by atoms with van der Waals surface area (Å²) in [6.07, 6.45) is 0. The van der Waals surface area contributed by atoms with Crippen LogP contribution in [0.25, 0.3) is 0 Å². The highest BCUT2D eigenvalue weighted by molar-refractivity contribution is 9.10. The molecule has 0 N–H and O–H groups in total. The third kappa shape index (κ3) is 1.95. The first kappa shape index (κ1) is 8.58. The molecule has 3 heteroatoms.